The molecule has 3 aromatic carbocycles. The molecule has 0 aromatic heterocycles. The van der Waals surface area contributed by atoms with Crippen molar-refractivity contribution in [2.45, 2.75) is 41.6 Å². The second kappa shape index (κ2) is 13.4. The van der Waals surface area contributed by atoms with Crippen molar-refractivity contribution in [2.24, 2.45) is 10.2 Å². The largest absolute Gasteiger partial charge is 0.454 e. The Bertz CT molecular complexity index is 1380. The van der Waals surface area contributed by atoms with E-state index in [9.17, 15) is 15.1 Å². The number of aryl methyl sites for hydroxylation is 1. The molecule has 1 heterocycles. The molecule has 1 aliphatic heterocycles. The van der Waals surface area contributed by atoms with Crippen molar-refractivity contribution < 1.29 is 23.8 Å². The van der Waals surface area contributed by atoms with Gasteiger partial charge in [-0.25, -0.2) is 9.59 Å². The Hall–Kier alpha value is -4.47. The van der Waals surface area contributed by atoms with Crippen molar-refractivity contribution in [1.82, 2.24) is 0 Å². The molecule has 0 amide bonds. The Morgan fingerprint density at radius 2 is 1.41 bits per heavy atom. The summed E-state index contributed by atoms with van der Waals surface area (Å²) in [5.74, 6) is -1.38. The molecule has 11 nitrogen and oxygen atoms in total. The summed E-state index contributed by atoms with van der Waals surface area (Å²) >= 11 is 1.24. The fourth-order valence-corrected chi connectivity index (χ4v) is 5.10. The van der Waals surface area contributed by atoms with Gasteiger partial charge in [0.25, 0.3) is 0 Å². The average Bonchev–Trinajstić information content (AvgIpc) is 2.97. The summed E-state index contributed by atoms with van der Waals surface area (Å²) in [5.41, 5.74) is 19.0. The summed E-state index contributed by atoms with van der Waals surface area (Å²) in [6, 6.07) is 23.0. The highest BCUT2D eigenvalue weighted by atomic mass is 32.2. The molecule has 0 N–H and O–H groups in total. The topological polar surface area (TPSA) is 159 Å². The lowest BCUT2D eigenvalue weighted by atomic mass is 9.97. The minimum absolute atomic E-state index is 0.204. The summed E-state index contributed by atoms with van der Waals surface area (Å²) in [4.78, 5) is 32.8. The first kappa shape index (κ1) is 27.6. The van der Waals surface area contributed by atoms with Crippen LogP contribution in [0, 0.1) is 6.92 Å². The van der Waals surface area contributed by atoms with Gasteiger partial charge in [-0.15, -0.1) is 0 Å². The number of hydrogen-bond acceptors (Lipinski definition) is 8. The third kappa shape index (κ3) is 7.10. The van der Waals surface area contributed by atoms with Gasteiger partial charge in [0.1, 0.15) is 11.5 Å². The van der Waals surface area contributed by atoms with E-state index in [1.165, 1.54) is 11.8 Å². The third-order valence-electron chi connectivity index (χ3n) is 5.91. The highest BCUT2D eigenvalue weighted by Crippen LogP contribution is 2.38. The molecule has 12 heteroatoms. The quantitative estimate of drug-likeness (QED) is 0.134. The van der Waals surface area contributed by atoms with Gasteiger partial charge in [-0.1, -0.05) is 76.1 Å². The maximum Gasteiger partial charge on any atom is 0.338 e. The summed E-state index contributed by atoms with van der Waals surface area (Å²) in [6.45, 7) is 1.75. The Kier molecular flexibility index (Phi) is 9.44. The first-order valence-corrected chi connectivity index (χ1v) is 12.8. The summed E-state index contributed by atoms with van der Waals surface area (Å²) in [7, 11) is 0. The first-order chi connectivity index (χ1) is 19.0. The lowest BCUT2D eigenvalue weighted by molar-refractivity contribution is -0.149. The number of nitrogens with zero attached hydrogens (tertiary/aromatic N) is 6. The molecule has 0 saturated carbocycles. The fraction of sp³-hybridized carbons (Fsp3) is 0.259. The van der Waals surface area contributed by atoms with E-state index in [1.807, 2.05) is 31.2 Å². The molecule has 1 saturated heterocycles. The minimum atomic E-state index is -1.25. The van der Waals surface area contributed by atoms with Crippen molar-refractivity contribution in [3.05, 3.63) is 123 Å². The van der Waals surface area contributed by atoms with Gasteiger partial charge >= 0.3 is 11.9 Å². The molecule has 0 radical (unpaired) electrons. The molecular formula is C27H24N6O5S. The number of ether oxygens (including phenoxy) is 3. The maximum absolute atomic E-state index is 13.2. The van der Waals surface area contributed by atoms with Gasteiger partial charge in [0.05, 0.1) is 23.8 Å². The zero-order valence-electron chi connectivity index (χ0n) is 20.8. The Labute approximate surface area is 228 Å². The minimum Gasteiger partial charge on any atom is -0.454 e. The second-order valence-corrected chi connectivity index (χ2v) is 9.73. The Balaban J connectivity index is 1.75. The molecule has 0 aliphatic carbocycles. The van der Waals surface area contributed by atoms with Crippen molar-refractivity contribution in [2.75, 3.05) is 6.54 Å². The van der Waals surface area contributed by atoms with E-state index in [2.05, 4.69) is 20.1 Å². The van der Waals surface area contributed by atoms with E-state index < -0.39 is 41.7 Å². The molecule has 1 aliphatic rings. The zero-order chi connectivity index (χ0) is 27.6. The number of thioether (sulfide) groups is 1. The average molecular weight is 545 g/mol. The molecule has 39 heavy (non-hydrogen) atoms. The van der Waals surface area contributed by atoms with Crippen LogP contribution in [-0.4, -0.2) is 48.3 Å². The van der Waals surface area contributed by atoms with Crippen LogP contribution in [0.2, 0.25) is 0 Å². The van der Waals surface area contributed by atoms with E-state index in [1.54, 1.807) is 60.7 Å². The molecule has 0 bridgehead atoms. The van der Waals surface area contributed by atoms with E-state index >= 15 is 0 Å². The summed E-state index contributed by atoms with van der Waals surface area (Å²) in [5, 5.41) is 7.43. The normalized spacial score (nSPS) is 22.0. The maximum atomic E-state index is 13.2. The smallest absolute Gasteiger partial charge is 0.338 e. The molecule has 198 valence electrons. The fourth-order valence-electron chi connectivity index (χ4n) is 4.00. The van der Waals surface area contributed by atoms with Crippen molar-refractivity contribution in [3.63, 3.8) is 0 Å². The van der Waals surface area contributed by atoms with E-state index in [0.717, 1.165) is 10.5 Å². The predicted molar refractivity (Wildman–Crippen MR) is 144 cm³/mol. The van der Waals surface area contributed by atoms with Crippen molar-refractivity contribution in [1.29, 1.82) is 0 Å². The highest BCUT2D eigenvalue weighted by Gasteiger charge is 2.50. The lowest BCUT2D eigenvalue weighted by Crippen LogP contribution is -2.59. The Morgan fingerprint density at radius 1 is 0.846 bits per heavy atom. The molecule has 5 atom stereocenters. The zero-order valence-corrected chi connectivity index (χ0v) is 21.6. The molecular weight excluding hydrogens is 520 g/mol. The van der Waals surface area contributed by atoms with E-state index in [-0.39, 0.29) is 17.7 Å². The van der Waals surface area contributed by atoms with Crippen LogP contribution in [0.1, 0.15) is 26.3 Å². The van der Waals surface area contributed by atoms with Crippen LogP contribution in [-0.2, 0) is 14.2 Å². The molecule has 0 unspecified atom stereocenters. The van der Waals surface area contributed by atoms with Crippen LogP contribution in [0.3, 0.4) is 0 Å². The number of esters is 2. The first-order valence-electron chi connectivity index (χ1n) is 12.0. The predicted octanol–water partition coefficient (Wildman–Crippen LogP) is 6.25. The van der Waals surface area contributed by atoms with Gasteiger partial charge in [0.15, 0.2) is 12.2 Å². The molecule has 4 rings (SSSR count). The van der Waals surface area contributed by atoms with E-state index in [4.69, 9.17) is 19.7 Å². The number of carbonyl (C=O) groups excluding carboxylic acids is 2. The second-order valence-electron chi connectivity index (χ2n) is 8.55. The van der Waals surface area contributed by atoms with Gasteiger partial charge in [0.2, 0.25) is 0 Å². The third-order valence-corrected chi connectivity index (χ3v) is 7.06. The number of carbonyl (C=O) groups is 2. The summed E-state index contributed by atoms with van der Waals surface area (Å²) < 4.78 is 18.0. The van der Waals surface area contributed by atoms with Crippen LogP contribution < -0.4 is 0 Å². The highest BCUT2D eigenvalue weighted by molar-refractivity contribution is 7.99. The van der Waals surface area contributed by atoms with Gasteiger partial charge < -0.3 is 14.2 Å². The number of hydrogen-bond donors (Lipinski definition) is 0. The number of benzene rings is 3. The van der Waals surface area contributed by atoms with Crippen LogP contribution in [0.5, 0.6) is 0 Å². The lowest BCUT2D eigenvalue weighted by Gasteiger charge is -2.43. The molecule has 0 spiro atoms. The molecule has 1 fully saturated rings. The standard InChI is InChI=1S/C27H24N6O5S/c1-17-12-14-20(15-13-17)39-27-24(38-26(35)19-10-6-3-7-11-19)23(37-25(34)18-8-4-2-5-9-18)22(31-33-29)21(36-27)16-30-32-28/h2-15,21-24,27H,16H2,1H3/t21-,22-,23+,24+,27+/m1/s1. The number of rotatable bonds is 9. The van der Waals surface area contributed by atoms with Crippen LogP contribution in [0.4, 0.5) is 0 Å². The van der Waals surface area contributed by atoms with Crippen molar-refractivity contribution in [3.8, 4) is 0 Å². The van der Waals surface area contributed by atoms with Gasteiger partial charge in [-0.05, 0) is 54.4 Å². The molecule has 3 aromatic rings. The van der Waals surface area contributed by atoms with Gasteiger partial charge in [0, 0.05) is 14.7 Å². The van der Waals surface area contributed by atoms with Crippen molar-refractivity contribution >= 4 is 23.7 Å². The number of azide groups is 2. The van der Waals surface area contributed by atoms with E-state index in [0.29, 0.717) is 0 Å². The SMILES string of the molecule is Cc1ccc(S[C@@H]2O[C@H](CN=[N+]=[N-])[C@@H](N=[N+]=[N-])[C@H](OC(=O)c3ccccc3)[C@@H]2OC(=O)c2ccccc2)cc1. The monoisotopic (exact) mass is 544 g/mol. The van der Waals surface area contributed by atoms with Crippen LogP contribution in [0.15, 0.2) is 100 Å². The summed E-state index contributed by atoms with van der Waals surface area (Å²) in [6.07, 6.45) is -3.40. The van der Waals surface area contributed by atoms with Gasteiger partial charge in [-0.3, -0.25) is 0 Å². The van der Waals surface area contributed by atoms with Gasteiger partial charge in [-0.2, -0.15) is 0 Å². The van der Waals surface area contributed by atoms with Crippen LogP contribution >= 0.6 is 11.8 Å². The Morgan fingerprint density at radius 3 is 1.95 bits per heavy atom. The van der Waals surface area contributed by atoms with Crippen LogP contribution in [0.25, 0.3) is 20.9 Å².